The van der Waals surface area contributed by atoms with E-state index in [9.17, 15) is 4.39 Å². The van der Waals surface area contributed by atoms with Crippen molar-refractivity contribution >= 4 is 46.7 Å². The van der Waals surface area contributed by atoms with E-state index in [1.54, 1.807) is 19.3 Å². The Bertz CT molecular complexity index is 1020. The molecule has 1 aliphatic rings. The Labute approximate surface area is 193 Å². The van der Waals surface area contributed by atoms with Crippen LogP contribution in [0.2, 0.25) is 0 Å². The van der Waals surface area contributed by atoms with Crippen molar-refractivity contribution in [3.05, 3.63) is 59.7 Å². The Morgan fingerprint density at radius 1 is 1.30 bits per heavy atom. The van der Waals surface area contributed by atoms with Gasteiger partial charge in [0.2, 0.25) is 0 Å². The van der Waals surface area contributed by atoms with Crippen LogP contribution >= 0.6 is 24.0 Å². The Morgan fingerprint density at radius 2 is 2.13 bits per heavy atom. The van der Waals surface area contributed by atoms with Crippen LogP contribution in [0.1, 0.15) is 17.7 Å². The van der Waals surface area contributed by atoms with Gasteiger partial charge in [0.05, 0.1) is 0 Å². The Hall–Kier alpha value is -2.36. The number of fused-ring (bicyclic) bond motifs is 1. The highest BCUT2D eigenvalue weighted by Gasteiger charge is 2.25. The maximum absolute atomic E-state index is 14.0. The predicted octanol–water partition coefficient (Wildman–Crippen LogP) is 3.61. The number of para-hydroxylation sites is 1. The molecule has 1 aliphatic heterocycles. The number of benzene rings is 1. The number of pyridine rings is 1. The highest BCUT2D eigenvalue weighted by molar-refractivity contribution is 14.0. The number of anilines is 1. The maximum atomic E-state index is 14.0. The number of hydrogen-bond acceptors (Lipinski definition) is 3. The zero-order chi connectivity index (χ0) is 20.2. The van der Waals surface area contributed by atoms with Crippen molar-refractivity contribution in [2.75, 3.05) is 31.6 Å². The van der Waals surface area contributed by atoms with Gasteiger partial charge in [-0.2, -0.15) is 0 Å². The summed E-state index contributed by atoms with van der Waals surface area (Å²) in [5.41, 5.74) is 3.72. The maximum Gasteiger partial charge on any atom is 0.191 e. The van der Waals surface area contributed by atoms with E-state index in [2.05, 4.69) is 50.7 Å². The number of aromatic nitrogens is 2. The molecule has 0 spiro atoms. The number of nitrogens with one attached hydrogen (secondary N) is 3. The first-order valence-corrected chi connectivity index (χ1v) is 10.0. The second kappa shape index (κ2) is 10.1. The molecule has 2 aromatic heterocycles. The third-order valence-corrected chi connectivity index (χ3v) is 5.49. The fourth-order valence-electron chi connectivity index (χ4n) is 4.03. The van der Waals surface area contributed by atoms with Gasteiger partial charge in [0.15, 0.2) is 17.6 Å². The number of halogens is 2. The first-order valence-electron chi connectivity index (χ1n) is 10.0. The van der Waals surface area contributed by atoms with Gasteiger partial charge in [0.25, 0.3) is 0 Å². The van der Waals surface area contributed by atoms with Crippen molar-refractivity contribution in [2.24, 2.45) is 4.99 Å². The summed E-state index contributed by atoms with van der Waals surface area (Å²) in [6, 6.07) is 11.7. The number of H-pyrrole nitrogens is 1. The smallest absolute Gasteiger partial charge is 0.191 e. The summed E-state index contributed by atoms with van der Waals surface area (Å²) in [4.78, 5) is 14.0. The Morgan fingerprint density at radius 3 is 2.93 bits per heavy atom. The molecule has 0 amide bonds. The quantitative estimate of drug-likeness (QED) is 0.272. The van der Waals surface area contributed by atoms with Gasteiger partial charge in [-0.05, 0) is 43.5 Å². The molecule has 1 unspecified atom stereocenters. The molecule has 1 atom stereocenters. The average Bonchev–Trinajstić information content (AvgIpc) is 3.31. The van der Waals surface area contributed by atoms with Crippen LogP contribution in [0, 0.1) is 12.7 Å². The third-order valence-electron chi connectivity index (χ3n) is 5.49. The number of aliphatic imine (C=N–C) groups is 1. The van der Waals surface area contributed by atoms with E-state index in [1.165, 1.54) is 28.2 Å². The van der Waals surface area contributed by atoms with Crippen molar-refractivity contribution in [1.29, 1.82) is 0 Å². The number of guanidine groups is 1. The average molecular weight is 522 g/mol. The minimum Gasteiger partial charge on any atom is -0.358 e. The molecule has 1 saturated heterocycles. The van der Waals surface area contributed by atoms with Gasteiger partial charge in [-0.25, -0.2) is 9.37 Å². The molecule has 1 aromatic carbocycles. The predicted molar refractivity (Wildman–Crippen MR) is 131 cm³/mol. The molecule has 3 aromatic rings. The van der Waals surface area contributed by atoms with Crippen LogP contribution in [0.5, 0.6) is 0 Å². The lowest BCUT2D eigenvalue weighted by Gasteiger charge is -2.20. The highest BCUT2D eigenvalue weighted by Crippen LogP contribution is 2.22. The topological polar surface area (TPSA) is 68.3 Å². The van der Waals surface area contributed by atoms with Crippen molar-refractivity contribution < 1.29 is 4.39 Å². The van der Waals surface area contributed by atoms with Crippen LogP contribution in [0.4, 0.5) is 10.2 Å². The van der Waals surface area contributed by atoms with Crippen molar-refractivity contribution in [3.8, 4) is 0 Å². The molecule has 1 fully saturated rings. The van der Waals surface area contributed by atoms with Crippen molar-refractivity contribution in [1.82, 2.24) is 20.6 Å². The molecule has 6 nitrogen and oxygen atoms in total. The van der Waals surface area contributed by atoms with Crippen LogP contribution in [-0.4, -0.2) is 48.7 Å². The summed E-state index contributed by atoms with van der Waals surface area (Å²) < 4.78 is 14.0. The SMILES string of the molecule is CN=C(NCCc1c(C)[nH]c2ccccc12)NC1CCN(c2ncccc2F)C1.I. The molecule has 8 heteroatoms. The normalized spacial score (nSPS) is 16.6. The Balaban J connectivity index is 0.00000256. The zero-order valence-corrected chi connectivity index (χ0v) is 19.6. The van der Waals surface area contributed by atoms with Crippen LogP contribution in [0.15, 0.2) is 47.6 Å². The molecule has 30 heavy (non-hydrogen) atoms. The van der Waals surface area contributed by atoms with E-state index in [0.717, 1.165) is 31.9 Å². The van der Waals surface area contributed by atoms with E-state index in [-0.39, 0.29) is 35.8 Å². The van der Waals surface area contributed by atoms with Crippen LogP contribution in [0.3, 0.4) is 0 Å². The van der Waals surface area contributed by atoms with Gasteiger partial charge in [0, 0.05) is 55.5 Å². The zero-order valence-electron chi connectivity index (χ0n) is 17.3. The van der Waals surface area contributed by atoms with E-state index < -0.39 is 0 Å². The third kappa shape index (κ3) is 4.85. The lowest BCUT2D eigenvalue weighted by molar-refractivity contribution is 0.612. The number of aryl methyl sites for hydroxylation is 1. The molecular weight excluding hydrogens is 494 g/mol. The minimum absolute atomic E-state index is 0. The standard InChI is InChI=1S/C22H27FN6.HI/c1-15-17(18-6-3-4-8-20(18)27-15)9-12-26-22(24-2)28-16-10-13-29(14-16)21-19(23)7-5-11-25-21;/h3-8,11,16,27H,9-10,12-14H2,1-2H3,(H2,24,26,28);1H. The van der Waals surface area contributed by atoms with E-state index in [1.807, 2.05) is 11.0 Å². The number of rotatable bonds is 5. The summed E-state index contributed by atoms with van der Waals surface area (Å²) in [7, 11) is 1.78. The fraction of sp³-hybridized carbons (Fsp3) is 0.364. The van der Waals surface area contributed by atoms with E-state index in [0.29, 0.717) is 12.4 Å². The van der Waals surface area contributed by atoms with Crippen molar-refractivity contribution in [3.63, 3.8) is 0 Å². The molecule has 4 rings (SSSR count). The summed E-state index contributed by atoms with van der Waals surface area (Å²) in [5.74, 6) is 0.926. The molecule has 0 bridgehead atoms. The number of nitrogens with zero attached hydrogens (tertiary/aromatic N) is 3. The largest absolute Gasteiger partial charge is 0.358 e. The summed E-state index contributed by atoms with van der Waals surface area (Å²) >= 11 is 0. The number of hydrogen-bond donors (Lipinski definition) is 3. The van der Waals surface area contributed by atoms with Gasteiger partial charge < -0.3 is 20.5 Å². The molecule has 0 aliphatic carbocycles. The second-order valence-electron chi connectivity index (χ2n) is 7.41. The molecule has 160 valence electrons. The molecule has 3 heterocycles. The van der Waals surface area contributed by atoms with E-state index in [4.69, 9.17) is 0 Å². The van der Waals surface area contributed by atoms with Crippen molar-refractivity contribution in [2.45, 2.75) is 25.8 Å². The lowest BCUT2D eigenvalue weighted by atomic mass is 10.1. The van der Waals surface area contributed by atoms with Gasteiger partial charge in [-0.1, -0.05) is 18.2 Å². The summed E-state index contributed by atoms with van der Waals surface area (Å²) in [6.07, 6.45) is 3.46. The van der Waals surface area contributed by atoms with Gasteiger partial charge >= 0.3 is 0 Å². The molecule has 0 saturated carbocycles. The first-order chi connectivity index (χ1) is 14.2. The van der Waals surface area contributed by atoms with Crippen LogP contribution in [-0.2, 0) is 6.42 Å². The first kappa shape index (κ1) is 22.3. The Kier molecular flexibility index (Phi) is 7.52. The highest BCUT2D eigenvalue weighted by atomic mass is 127. The van der Waals surface area contributed by atoms with E-state index >= 15 is 0 Å². The second-order valence-corrected chi connectivity index (χ2v) is 7.41. The van der Waals surface area contributed by atoms with Gasteiger partial charge in [-0.15, -0.1) is 24.0 Å². The molecule has 0 radical (unpaired) electrons. The monoisotopic (exact) mass is 522 g/mol. The van der Waals surface area contributed by atoms with Crippen LogP contribution in [0.25, 0.3) is 10.9 Å². The number of aromatic amines is 1. The lowest BCUT2D eigenvalue weighted by Crippen LogP contribution is -2.45. The summed E-state index contributed by atoms with van der Waals surface area (Å²) in [6.45, 7) is 4.38. The minimum atomic E-state index is -0.273. The molecular formula is C22H28FIN6. The van der Waals surface area contributed by atoms with Gasteiger partial charge in [0.1, 0.15) is 0 Å². The fourth-order valence-corrected chi connectivity index (χ4v) is 4.03. The summed E-state index contributed by atoms with van der Waals surface area (Å²) in [5, 5.41) is 8.14. The molecule has 3 N–H and O–H groups in total. The van der Waals surface area contributed by atoms with Crippen LogP contribution < -0.4 is 15.5 Å². The van der Waals surface area contributed by atoms with Gasteiger partial charge in [-0.3, -0.25) is 4.99 Å².